The number of hydrogen-bond donors (Lipinski definition) is 2. The van der Waals surface area contributed by atoms with Crippen molar-refractivity contribution in [3.63, 3.8) is 0 Å². The summed E-state index contributed by atoms with van der Waals surface area (Å²) in [6, 6.07) is 0.266. The van der Waals surface area contributed by atoms with Gasteiger partial charge in [0.2, 0.25) is 0 Å². The Morgan fingerprint density at radius 3 is 2.88 bits per heavy atom. The third-order valence-electron chi connectivity index (χ3n) is 3.16. The van der Waals surface area contributed by atoms with E-state index in [4.69, 9.17) is 4.52 Å². The first-order valence-corrected chi connectivity index (χ1v) is 6.19. The molecule has 1 aromatic heterocycles. The van der Waals surface area contributed by atoms with Crippen molar-refractivity contribution in [2.24, 2.45) is 0 Å². The Kier molecular flexibility index (Phi) is 3.78. The molecule has 1 aliphatic heterocycles. The lowest BCUT2D eigenvalue weighted by atomic mass is 10.1. The fourth-order valence-electron chi connectivity index (χ4n) is 2.17. The van der Waals surface area contributed by atoms with Crippen LogP contribution in [-0.4, -0.2) is 30.2 Å². The van der Waals surface area contributed by atoms with Crippen LogP contribution in [-0.2, 0) is 6.42 Å². The molecule has 1 fully saturated rings. The number of hydrogen-bond acceptors (Lipinski definition) is 4. The molecule has 1 amide bonds. The van der Waals surface area contributed by atoms with Crippen molar-refractivity contribution in [1.29, 1.82) is 0 Å². The van der Waals surface area contributed by atoms with E-state index in [-0.39, 0.29) is 11.9 Å². The van der Waals surface area contributed by atoms with E-state index in [1.165, 1.54) is 0 Å². The molecule has 0 radical (unpaired) electrons. The summed E-state index contributed by atoms with van der Waals surface area (Å²) in [6.45, 7) is 5.70. The largest absolute Gasteiger partial charge is 0.360 e. The van der Waals surface area contributed by atoms with Gasteiger partial charge in [-0.2, -0.15) is 0 Å². The molecule has 1 aliphatic rings. The van der Waals surface area contributed by atoms with Crippen LogP contribution < -0.4 is 10.6 Å². The molecule has 5 nitrogen and oxygen atoms in total. The molecule has 0 unspecified atom stereocenters. The van der Waals surface area contributed by atoms with Crippen molar-refractivity contribution in [3.8, 4) is 0 Å². The number of aromatic nitrogens is 1. The molecule has 0 aliphatic carbocycles. The highest BCUT2D eigenvalue weighted by atomic mass is 16.5. The van der Waals surface area contributed by atoms with E-state index >= 15 is 0 Å². The van der Waals surface area contributed by atoms with E-state index in [9.17, 15) is 4.79 Å². The predicted octanol–water partition coefficient (Wildman–Crippen LogP) is 1.03. The molecule has 2 heterocycles. The number of amides is 1. The molecular formula is C12H19N3O2. The van der Waals surface area contributed by atoms with Gasteiger partial charge in [0.1, 0.15) is 11.3 Å². The van der Waals surface area contributed by atoms with Crippen molar-refractivity contribution >= 4 is 5.91 Å². The van der Waals surface area contributed by atoms with Gasteiger partial charge in [0.15, 0.2) is 0 Å². The molecule has 5 heteroatoms. The van der Waals surface area contributed by atoms with Gasteiger partial charge in [-0.3, -0.25) is 4.79 Å². The minimum atomic E-state index is -0.0486. The molecule has 94 valence electrons. The maximum Gasteiger partial charge on any atom is 0.257 e. The highest BCUT2D eigenvalue weighted by molar-refractivity contribution is 5.96. The maximum atomic E-state index is 12.1. The number of carbonyl (C=O) groups excluding carboxylic acids is 1. The standard InChI is InChI=1S/C12H19N3O2/c1-3-10-11(8(2)15-17-10)12(16)14-9-4-6-13-7-5-9/h9,13H,3-7H2,1-2H3,(H,14,16). The Labute approximate surface area is 101 Å². The average molecular weight is 237 g/mol. The summed E-state index contributed by atoms with van der Waals surface area (Å²) in [7, 11) is 0. The number of aryl methyl sites for hydroxylation is 2. The monoisotopic (exact) mass is 237 g/mol. The molecule has 0 atom stereocenters. The van der Waals surface area contributed by atoms with Crippen LogP contribution in [0.3, 0.4) is 0 Å². The summed E-state index contributed by atoms with van der Waals surface area (Å²) >= 11 is 0. The molecule has 1 saturated heterocycles. The molecule has 0 aromatic carbocycles. The van der Waals surface area contributed by atoms with E-state index in [1.54, 1.807) is 6.92 Å². The molecular weight excluding hydrogens is 218 g/mol. The fraction of sp³-hybridized carbons (Fsp3) is 0.667. The molecule has 17 heavy (non-hydrogen) atoms. The lowest BCUT2D eigenvalue weighted by Crippen LogP contribution is -2.43. The minimum absolute atomic E-state index is 0.0486. The molecule has 2 rings (SSSR count). The quantitative estimate of drug-likeness (QED) is 0.824. The zero-order chi connectivity index (χ0) is 12.3. The van der Waals surface area contributed by atoms with Crippen molar-refractivity contribution in [1.82, 2.24) is 15.8 Å². The van der Waals surface area contributed by atoms with Crippen LogP contribution in [0.25, 0.3) is 0 Å². The Morgan fingerprint density at radius 2 is 2.24 bits per heavy atom. The number of nitrogens with one attached hydrogen (secondary N) is 2. The van der Waals surface area contributed by atoms with E-state index in [1.807, 2.05) is 6.92 Å². The Bertz CT molecular complexity index is 394. The summed E-state index contributed by atoms with van der Waals surface area (Å²) in [6.07, 6.45) is 2.66. The van der Waals surface area contributed by atoms with Gasteiger partial charge >= 0.3 is 0 Å². The SMILES string of the molecule is CCc1onc(C)c1C(=O)NC1CCNCC1. The van der Waals surface area contributed by atoms with Crippen LogP contribution in [0.15, 0.2) is 4.52 Å². The third kappa shape index (κ3) is 2.66. The summed E-state index contributed by atoms with van der Waals surface area (Å²) in [5.41, 5.74) is 1.29. The van der Waals surface area contributed by atoms with Crippen molar-refractivity contribution in [2.45, 2.75) is 39.2 Å². The minimum Gasteiger partial charge on any atom is -0.360 e. The number of rotatable bonds is 3. The Morgan fingerprint density at radius 1 is 1.53 bits per heavy atom. The third-order valence-corrected chi connectivity index (χ3v) is 3.16. The van der Waals surface area contributed by atoms with Gasteiger partial charge in [0.25, 0.3) is 5.91 Å². The van der Waals surface area contributed by atoms with Crippen molar-refractivity contribution in [2.75, 3.05) is 13.1 Å². The lowest BCUT2D eigenvalue weighted by Gasteiger charge is -2.23. The second kappa shape index (κ2) is 5.31. The Balaban J connectivity index is 2.05. The van der Waals surface area contributed by atoms with Gasteiger partial charge in [-0.25, -0.2) is 0 Å². The molecule has 0 saturated carbocycles. The summed E-state index contributed by atoms with van der Waals surface area (Å²) in [4.78, 5) is 12.1. The number of carbonyl (C=O) groups is 1. The smallest absolute Gasteiger partial charge is 0.257 e. The van der Waals surface area contributed by atoms with Crippen LogP contribution >= 0.6 is 0 Å². The van der Waals surface area contributed by atoms with Gasteiger partial charge in [-0.1, -0.05) is 12.1 Å². The van der Waals surface area contributed by atoms with Crippen molar-refractivity contribution < 1.29 is 9.32 Å². The highest BCUT2D eigenvalue weighted by Crippen LogP contribution is 2.15. The molecule has 0 bridgehead atoms. The Hall–Kier alpha value is -1.36. The molecule has 2 N–H and O–H groups in total. The van der Waals surface area contributed by atoms with Crippen LogP contribution in [0, 0.1) is 6.92 Å². The van der Waals surface area contributed by atoms with Gasteiger partial charge in [0.05, 0.1) is 5.69 Å². The van der Waals surface area contributed by atoms with Crippen LogP contribution in [0.5, 0.6) is 0 Å². The van der Waals surface area contributed by atoms with Crippen molar-refractivity contribution in [3.05, 3.63) is 17.0 Å². The van der Waals surface area contributed by atoms with Crippen LogP contribution in [0.2, 0.25) is 0 Å². The van der Waals surface area contributed by atoms with Crippen LogP contribution in [0.1, 0.15) is 41.6 Å². The predicted molar refractivity (Wildman–Crippen MR) is 64.0 cm³/mol. The van der Waals surface area contributed by atoms with Gasteiger partial charge in [-0.05, 0) is 32.9 Å². The molecule has 0 spiro atoms. The first-order chi connectivity index (χ1) is 8.22. The number of piperidine rings is 1. The topological polar surface area (TPSA) is 67.2 Å². The maximum absolute atomic E-state index is 12.1. The summed E-state index contributed by atoms with van der Waals surface area (Å²) in [5, 5.41) is 10.2. The second-order valence-corrected chi connectivity index (χ2v) is 4.42. The number of nitrogens with zero attached hydrogens (tertiary/aromatic N) is 1. The lowest BCUT2D eigenvalue weighted by molar-refractivity contribution is 0.0927. The van der Waals surface area contributed by atoms with Crippen LogP contribution in [0.4, 0.5) is 0 Å². The van der Waals surface area contributed by atoms with Gasteiger partial charge in [-0.15, -0.1) is 0 Å². The normalized spacial score (nSPS) is 17.1. The first-order valence-electron chi connectivity index (χ1n) is 6.19. The molecule has 1 aromatic rings. The van der Waals surface area contributed by atoms with Gasteiger partial charge < -0.3 is 15.2 Å². The van der Waals surface area contributed by atoms with E-state index < -0.39 is 0 Å². The average Bonchev–Trinajstić information content (AvgIpc) is 2.71. The van der Waals surface area contributed by atoms with E-state index in [0.717, 1.165) is 25.9 Å². The summed E-state index contributed by atoms with van der Waals surface area (Å²) in [5.74, 6) is 0.626. The summed E-state index contributed by atoms with van der Waals surface area (Å²) < 4.78 is 5.13. The second-order valence-electron chi connectivity index (χ2n) is 4.42. The van der Waals surface area contributed by atoms with E-state index in [0.29, 0.717) is 23.4 Å². The zero-order valence-corrected chi connectivity index (χ0v) is 10.4. The van der Waals surface area contributed by atoms with Gasteiger partial charge in [0, 0.05) is 12.5 Å². The first kappa shape index (κ1) is 12.1. The zero-order valence-electron chi connectivity index (χ0n) is 10.4. The van der Waals surface area contributed by atoms with E-state index in [2.05, 4.69) is 15.8 Å². The fourth-order valence-corrected chi connectivity index (χ4v) is 2.17. The highest BCUT2D eigenvalue weighted by Gasteiger charge is 2.22.